The number of ether oxygens (including phenoxy) is 2. The molecule has 2 heterocycles. The van der Waals surface area contributed by atoms with E-state index in [1.807, 2.05) is 48.5 Å². The highest BCUT2D eigenvalue weighted by molar-refractivity contribution is 8.01. The van der Waals surface area contributed by atoms with Crippen molar-refractivity contribution < 1.29 is 29.3 Å². The number of thioether (sulfide) groups is 1. The van der Waals surface area contributed by atoms with Gasteiger partial charge < -0.3 is 25.0 Å². The van der Waals surface area contributed by atoms with Gasteiger partial charge in [-0.25, -0.2) is 4.98 Å². The van der Waals surface area contributed by atoms with Crippen molar-refractivity contribution in [3.63, 3.8) is 0 Å². The van der Waals surface area contributed by atoms with Gasteiger partial charge in [-0.05, 0) is 35.4 Å². The Labute approximate surface area is 234 Å². The number of benzene rings is 3. The smallest absolute Gasteiger partial charge is 0.303 e. The van der Waals surface area contributed by atoms with E-state index < -0.39 is 12.3 Å². The number of hydrogen-bond acceptors (Lipinski definition) is 8. The Kier molecular flexibility index (Phi) is 8.90. The predicted molar refractivity (Wildman–Crippen MR) is 151 cm³/mol. The maximum atomic E-state index is 12.2. The van der Waals surface area contributed by atoms with Gasteiger partial charge in [0.2, 0.25) is 5.91 Å². The van der Waals surface area contributed by atoms with E-state index in [1.54, 1.807) is 41.3 Å². The van der Waals surface area contributed by atoms with Crippen LogP contribution in [0.5, 0.6) is 0 Å². The quantitative estimate of drug-likeness (QED) is 0.203. The molecule has 0 spiro atoms. The number of aromatic nitrogens is 1. The van der Waals surface area contributed by atoms with Crippen LogP contribution in [-0.4, -0.2) is 38.9 Å². The molecule has 1 fully saturated rings. The van der Waals surface area contributed by atoms with Crippen LogP contribution in [0.2, 0.25) is 0 Å². The molecule has 10 heteroatoms. The SMILES string of the molecule is O=C(O)CCC(=O)Nc1cccc([C@H]2O[C@@H](CSc3nc4ccccc4s3)C[C@@H](c3ccc(CO)cc3)O2)c1. The third-order valence-corrected chi connectivity index (χ3v) is 8.60. The molecular formula is C29H28N2O6S2. The summed E-state index contributed by atoms with van der Waals surface area (Å²) in [5.74, 6) is -0.695. The highest BCUT2D eigenvalue weighted by atomic mass is 32.2. The van der Waals surface area contributed by atoms with Crippen LogP contribution >= 0.6 is 23.1 Å². The van der Waals surface area contributed by atoms with Crippen LogP contribution in [0.3, 0.4) is 0 Å². The summed E-state index contributed by atoms with van der Waals surface area (Å²) in [6.45, 7) is -0.0239. The van der Waals surface area contributed by atoms with Crippen molar-refractivity contribution in [3.8, 4) is 0 Å². The summed E-state index contributed by atoms with van der Waals surface area (Å²) >= 11 is 3.32. The molecule has 1 aliphatic heterocycles. The van der Waals surface area contributed by atoms with Crippen LogP contribution in [0.25, 0.3) is 10.2 Å². The molecule has 39 heavy (non-hydrogen) atoms. The Hall–Kier alpha value is -3.28. The van der Waals surface area contributed by atoms with Crippen molar-refractivity contribution in [2.75, 3.05) is 11.1 Å². The van der Waals surface area contributed by atoms with Crippen molar-refractivity contribution in [1.82, 2.24) is 4.98 Å². The van der Waals surface area contributed by atoms with E-state index in [9.17, 15) is 14.7 Å². The zero-order chi connectivity index (χ0) is 27.2. The molecule has 202 valence electrons. The van der Waals surface area contributed by atoms with Crippen LogP contribution in [0, 0.1) is 0 Å². The van der Waals surface area contributed by atoms with Gasteiger partial charge in [-0.3, -0.25) is 9.59 Å². The van der Waals surface area contributed by atoms with Crippen molar-refractivity contribution in [3.05, 3.63) is 89.5 Å². The number of aliphatic carboxylic acids is 1. The van der Waals surface area contributed by atoms with Gasteiger partial charge in [0.1, 0.15) is 0 Å². The molecule has 1 saturated heterocycles. The second-order valence-electron chi connectivity index (χ2n) is 9.18. The first-order valence-electron chi connectivity index (χ1n) is 12.6. The maximum absolute atomic E-state index is 12.2. The lowest BCUT2D eigenvalue weighted by Crippen LogP contribution is -2.31. The number of nitrogens with one attached hydrogen (secondary N) is 1. The standard InChI is InChI=1S/C29H28N2O6S2/c32-16-18-8-10-19(11-9-18)24-15-22(17-38-29-31-23-6-1-2-7-25(23)39-29)36-28(37-24)20-4-3-5-21(14-20)30-26(33)12-13-27(34)35/h1-11,14,22,24,28,32H,12-13,15-17H2,(H,30,33)(H,34,35)/t22-,24+,28+/m1/s1. The van der Waals surface area contributed by atoms with Crippen LogP contribution < -0.4 is 5.32 Å². The second kappa shape index (κ2) is 12.7. The molecular weight excluding hydrogens is 536 g/mol. The molecule has 4 aromatic rings. The van der Waals surface area contributed by atoms with Crippen molar-refractivity contribution in [2.24, 2.45) is 0 Å². The number of thiazole rings is 1. The van der Waals surface area contributed by atoms with Crippen molar-refractivity contribution in [1.29, 1.82) is 0 Å². The molecule has 1 aromatic heterocycles. The average molecular weight is 565 g/mol. The zero-order valence-corrected chi connectivity index (χ0v) is 22.6. The number of amides is 1. The molecule has 3 N–H and O–H groups in total. The normalized spacial score (nSPS) is 19.2. The summed E-state index contributed by atoms with van der Waals surface area (Å²) in [4.78, 5) is 27.7. The Bertz CT molecular complexity index is 1410. The first kappa shape index (κ1) is 27.3. The number of carboxylic acid groups (broad SMARTS) is 1. The lowest BCUT2D eigenvalue weighted by molar-refractivity contribution is -0.245. The van der Waals surface area contributed by atoms with Crippen LogP contribution in [0.15, 0.2) is 77.1 Å². The lowest BCUT2D eigenvalue weighted by Gasteiger charge is -2.36. The van der Waals surface area contributed by atoms with Gasteiger partial charge in [0, 0.05) is 29.8 Å². The van der Waals surface area contributed by atoms with Crippen molar-refractivity contribution >= 4 is 50.9 Å². The van der Waals surface area contributed by atoms with Gasteiger partial charge in [0.25, 0.3) is 0 Å². The minimum Gasteiger partial charge on any atom is -0.481 e. The topological polar surface area (TPSA) is 118 Å². The summed E-state index contributed by atoms with van der Waals surface area (Å²) in [6.07, 6.45) is -0.710. The minimum atomic E-state index is -1.02. The number of hydrogen-bond donors (Lipinski definition) is 3. The van der Waals surface area contributed by atoms with E-state index in [4.69, 9.17) is 19.6 Å². The molecule has 0 aliphatic carbocycles. The first-order valence-corrected chi connectivity index (χ1v) is 14.4. The van der Waals surface area contributed by atoms with E-state index >= 15 is 0 Å². The number of carbonyl (C=O) groups is 2. The molecule has 0 radical (unpaired) electrons. The summed E-state index contributed by atoms with van der Waals surface area (Å²) in [6, 6.07) is 23.0. The first-order chi connectivity index (χ1) is 19.0. The molecule has 3 atom stereocenters. The van der Waals surface area contributed by atoms with E-state index in [0.29, 0.717) is 17.9 Å². The third-order valence-electron chi connectivity index (χ3n) is 6.29. The maximum Gasteiger partial charge on any atom is 0.303 e. The summed E-state index contributed by atoms with van der Waals surface area (Å²) in [5, 5.41) is 21.0. The van der Waals surface area contributed by atoms with Gasteiger partial charge in [0.15, 0.2) is 10.6 Å². The number of fused-ring (bicyclic) bond motifs is 1. The van der Waals surface area contributed by atoms with Crippen molar-refractivity contribution in [2.45, 2.75) is 48.7 Å². The van der Waals surface area contributed by atoms with E-state index in [0.717, 1.165) is 31.2 Å². The Morgan fingerprint density at radius 2 is 1.82 bits per heavy atom. The molecule has 0 saturated carbocycles. The lowest BCUT2D eigenvalue weighted by atomic mass is 10.0. The number of carboxylic acids is 1. The number of anilines is 1. The van der Waals surface area contributed by atoms with Gasteiger partial charge in [0.05, 0.1) is 35.5 Å². The Balaban J connectivity index is 1.33. The number of para-hydroxylation sites is 1. The molecule has 8 nitrogen and oxygen atoms in total. The highest BCUT2D eigenvalue weighted by Crippen LogP contribution is 2.40. The number of aliphatic hydroxyl groups excluding tert-OH is 1. The summed E-state index contributed by atoms with van der Waals surface area (Å²) in [7, 11) is 0. The van der Waals surface area contributed by atoms with Crippen LogP contribution in [0.4, 0.5) is 5.69 Å². The molecule has 5 rings (SSSR count). The fourth-order valence-corrected chi connectivity index (χ4v) is 6.42. The van der Waals surface area contributed by atoms with Gasteiger partial charge in [-0.15, -0.1) is 11.3 Å². The Morgan fingerprint density at radius 3 is 2.59 bits per heavy atom. The molecule has 0 bridgehead atoms. The highest BCUT2D eigenvalue weighted by Gasteiger charge is 2.32. The largest absolute Gasteiger partial charge is 0.481 e. The fraction of sp³-hybridized carbons (Fsp3) is 0.276. The monoisotopic (exact) mass is 564 g/mol. The average Bonchev–Trinajstić information content (AvgIpc) is 3.38. The van der Waals surface area contributed by atoms with E-state index in [-0.39, 0.29) is 37.6 Å². The van der Waals surface area contributed by atoms with E-state index in [1.165, 1.54) is 0 Å². The zero-order valence-electron chi connectivity index (χ0n) is 21.0. The number of carbonyl (C=O) groups excluding carboxylic acids is 1. The number of nitrogens with zero attached hydrogens (tertiary/aromatic N) is 1. The van der Waals surface area contributed by atoms with E-state index in [2.05, 4.69) is 11.4 Å². The van der Waals surface area contributed by atoms with Crippen LogP contribution in [0.1, 0.15) is 48.3 Å². The summed E-state index contributed by atoms with van der Waals surface area (Å²) < 4.78 is 14.9. The number of aliphatic hydroxyl groups is 1. The van der Waals surface area contributed by atoms with Gasteiger partial charge >= 0.3 is 5.97 Å². The second-order valence-corrected chi connectivity index (χ2v) is 11.5. The Morgan fingerprint density at radius 1 is 1.00 bits per heavy atom. The van der Waals surface area contributed by atoms with Crippen LogP contribution in [-0.2, 0) is 25.7 Å². The predicted octanol–water partition coefficient (Wildman–Crippen LogP) is 5.93. The minimum absolute atomic E-state index is 0.0239. The van der Waals surface area contributed by atoms with Gasteiger partial charge in [-0.1, -0.05) is 60.3 Å². The molecule has 1 aliphatic rings. The molecule has 1 amide bonds. The van der Waals surface area contributed by atoms with Gasteiger partial charge in [-0.2, -0.15) is 0 Å². The third kappa shape index (κ3) is 7.23. The number of rotatable bonds is 10. The fourth-order valence-electron chi connectivity index (χ4n) is 4.31. The molecule has 0 unspecified atom stereocenters. The summed E-state index contributed by atoms with van der Waals surface area (Å²) in [5.41, 5.74) is 4.10. The molecule has 3 aromatic carbocycles.